The number of hydrogen-bond acceptors (Lipinski definition) is 2. The Morgan fingerprint density at radius 3 is 2.62 bits per heavy atom. The normalized spacial score (nSPS) is 22.8. The molecule has 2 aromatic rings. The summed E-state index contributed by atoms with van der Waals surface area (Å²) in [5, 5.41) is 7.93. The summed E-state index contributed by atoms with van der Waals surface area (Å²) in [5.74, 6) is -0.0216. The number of carbonyl (C=O) groups is 1. The molecule has 0 saturated heterocycles. The number of halogens is 2. The summed E-state index contributed by atoms with van der Waals surface area (Å²) in [4.78, 5) is 13.0. The molecular weight excluding hydrogens is 343 g/mol. The van der Waals surface area contributed by atoms with Crippen LogP contribution < -0.4 is 10.6 Å². The summed E-state index contributed by atoms with van der Waals surface area (Å²) in [6.07, 6.45) is 3.98. The number of carbonyl (C=O) groups excluding carboxylic acids is 1. The smallest absolute Gasteiger partial charge is 0.249 e. The summed E-state index contributed by atoms with van der Waals surface area (Å²) in [6, 6.07) is 13.7. The fourth-order valence-corrected chi connectivity index (χ4v) is 3.95. The van der Waals surface area contributed by atoms with E-state index in [1.54, 1.807) is 0 Å². The van der Waals surface area contributed by atoms with Crippen molar-refractivity contribution in [2.45, 2.75) is 37.3 Å². The summed E-state index contributed by atoms with van der Waals surface area (Å²) in [5.41, 5.74) is 2.02. The molecule has 2 aromatic carbocycles. The Kier molecular flexibility index (Phi) is 4.03. The number of benzene rings is 2. The minimum Gasteiger partial charge on any atom is -0.324 e. The van der Waals surface area contributed by atoms with E-state index in [1.807, 2.05) is 42.5 Å². The third-order valence-electron chi connectivity index (χ3n) is 4.99. The van der Waals surface area contributed by atoms with E-state index in [-0.39, 0.29) is 5.91 Å². The first-order valence-electron chi connectivity index (χ1n) is 8.20. The van der Waals surface area contributed by atoms with Gasteiger partial charge < -0.3 is 5.32 Å². The van der Waals surface area contributed by atoms with Crippen LogP contribution in [0.25, 0.3) is 0 Å². The van der Waals surface area contributed by atoms with E-state index in [9.17, 15) is 4.79 Å². The molecule has 0 radical (unpaired) electrons. The Hall–Kier alpha value is -1.55. The average molecular weight is 361 g/mol. The molecule has 1 aliphatic carbocycles. The quantitative estimate of drug-likeness (QED) is 0.840. The topological polar surface area (TPSA) is 41.1 Å². The molecule has 1 unspecified atom stereocenters. The van der Waals surface area contributed by atoms with E-state index in [2.05, 4.69) is 10.6 Å². The predicted molar refractivity (Wildman–Crippen MR) is 97.7 cm³/mol. The van der Waals surface area contributed by atoms with Gasteiger partial charge in [-0.25, -0.2) is 0 Å². The molecular formula is C19H18Cl2N2O. The van der Waals surface area contributed by atoms with Gasteiger partial charge in [0.1, 0.15) is 5.54 Å². The average Bonchev–Trinajstić information content (AvgIpc) is 2.75. The number of nitrogens with one attached hydrogen (secondary N) is 2. The van der Waals surface area contributed by atoms with Crippen molar-refractivity contribution < 1.29 is 4.79 Å². The minimum atomic E-state index is -0.768. The number of amides is 1. The second kappa shape index (κ2) is 6.07. The third-order valence-corrected chi connectivity index (χ3v) is 5.46. The van der Waals surface area contributed by atoms with Gasteiger partial charge in [-0.1, -0.05) is 47.8 Å². The highest BCUT2D eigenvalue weighted by molar-refractivity contribution is 6.31. The van der Waals surface area contributed by atoms with Gasteiger partial charge in [0, 0.05) is 33.8 Å². The molecule has 1 heterocycles. The van der Waals surface area contributed by atoms with Crippen molar-refractivity contribution in [3.8, 4) is 0 Å². The molecule has 1 saturated carbocycles. The zero-order valence-corrected chi connectivity index (χ0v) is 14.6. The number of rotatable bonds is 4. The van der Waals surface area contributed by atoms with Gasteiger partial charge in [0.2, 0.25) is 5.91 Å². The standard InChI is InChI=1S/C19H18Cl2N2O/c20-13-4-1-3-12(9-13)11-19(23-15-5-2-6-15)16-8-7-14(21)10-17(16)22-18(19)24/h1,3-4,7-10,15,23H,2,5-6,11H2,(H,22,24). The summed E-state index contributed by atoms with van der Waals surface area (Å²) in [6.45, 7) is 0. The Bertz CT molecular complexity index is 804. The molecule has 1 aliphatic heterocycles. The van der Waals surface area contributed by atoms with Crippen LogP contribution in [0.15, 0.2) is 42.5 Å². The van der Waals surface area contributed by atoms with Gasteiger partial charge in [0.15, 0.2) is 0 Å². The molecule has 5 heteroatoms. The van der Waals surface area contributed by atoms with Gasteiger partial charge in [0.05, 0.1) is 0 Å². The van der Waals surface area contributed by atoms with Crippen LogP contribution in [0.2, 0.25) is 10.0 Å². The molecule has 4 rings (SSSR count). The maximum absolute atomic E-state index is 13.0. The Balaban J connectivity index is 1.78. The highest BCUT2D eigenvalue weighted by Gasteiger charge is 2.48. The van der Waals surface area contributed by atoms with E-state index >= 15 is 0 Å². The Morgan fingerprint density at radius 1 is 1.12 bits per heavy atom. The van der Waals surface area contributed by atoms with Gasteiger partial charge in [-0.15, -0.1) is 0 Å². The van der Waals surface area contributed by atoms with Crippen LogP contribution in [0.5, 0.6) is 0 Å². The number of anilines is 1. The number of fused-ring (bicyclic) bond motifs is 1. The molecule has 1 atom stereocenters. The van der Waals surface area contributed by atoms with Crippen molar-refractivity contribution in [3.05, 3.63) is 63.6 Å². The van der Waals surface area contributed by atoms with Crippen LogP contribution in [-0.4, -0.2) is 11.9 Å². The number of hydrogen-bond donors (Lipinski definition) is 2. The third kappa shape index (κ3) is 2.71. The Labute approximate surface area is 151 Å². The van der Waals surface area contributed by atoms with Crippen molar-refractivity contribution in [3.63, 3.8) is 0 Å². The van der Waals surface area contributed by atoms with Crippen LogP contribution in [0, 0.1) is 0 Å². The van der Waals surface area contributed by atoms with Crippen molar-refractivity contribution >= 4 is 34.8 Å². The van der Waals surface area contributed by atoms with Crippen LogP contribution in [-0.2, 0) is 16.8 Å². The lowest BCUT2D eigenvalue weighted by Gasteiger charge is -2.37. The van der Waals surface area contributed by atoms with Crippen LogP contribution >= 0.6 is 23.2 Å². The summed E-state index contributed by atoms with van der Waals surface area (Å²) in [7, 11) is 0. The summed E-state index contributed by atoms with van der Waals surface area (Å²) < 4.78 is 0. The van der Waals surface area contributed by atoms with Crippen molar-refractivity contribution in [2.24, 2.45) is 0 Å². The molecule has 1 amide bonds. The first-order valence-corrected chi connectivity index (χ1v) is 8.96. The molecule has 124 valence electrons. The lowest BCUT2D eigenvalue weighted by Crippen LogP contribution is -2.55. The first-order chi connectivity index (χ1) is 11.6. The van der Waals surface area contributed by atoms with Crippen LogP contribution in [0.1, 0.15) is 30.4 Å². The fourth-order valence-electron chi connectivity index (χ4n) is 3.57. The zero-order valence-electron chi connectivity index (χ0n) is 13.1. The van der Waals surface area contributed by atoms with Crippen molar-refractivity contribution in [2.75, 3.05) is 5.32 Å². The maximum atomic E-state index is 13.0. The van der Waals surface area contributed by atoms with Crippen LogP contribution in [0.4, 0.5) is 5.69 Å². The van der Waals surface area contributed by atoms with E-state index in [0.717, 1.165) is 29.7 Å². The van der Waals surface area contributed by atoms with E-state index in [4.69, 9.17) is 23.2 Å². The second-order valence-corrected chi connectivity index (χ2v) is 7.50. The van der Waals surface area contributed by atoms with Crippen LogP contribution in [0.3, 0.4) is 0 Å². The van der Waals surface area contributed by atoms with Crippen molar-refractivity contribution in [1.29, 1.82) is 0 Å². The highest BCUT2D eigenvalue weighted by atomic mass is 35.5. The molecule has 0 spiro atoms. The van der Waals surface area contributed by atoms with Gasteiger partial charge in [0.25, 0.3) is 0 Å². The molecule has 24 heavy (non-hydrogen) atoms. The van der Waals surface area contributed by atoms with Gasteiger partial charge in [-0.05, 0) is 42.7 Å². The maximum Gasteiger partial charge on any atom is 0.249 e. The SMILES string of the molecule is O=C1Nc2cc(Cl)ccc2C1(Cc1cccc(Cl)c1)NC1CCC1. The predicted octanol–water partition coefficient (Wildman–Crippen LogP) is 4.53. The Morgan fingerprint density at radius 2 is 1.92 bits per heavy atom. The van der Waals surface area contributed by atoms with Crippen molar-refractivity contribution in [1.82, 2.24) is 5.32 Å². The molecule has 2 aliphatic rings. The highest BCUT2D eigenvalue weighted by Crippen LogP contribution is 2.41. The fraction of sp³-hybridized carbons (Fsp3) is 0.316. The molecule has 2 N–H and O–H groups in total. The van der Waals surface area contributed by atoms with Gasteiger partial charge >= 0.3 is 0 Å². The lowest BCUT2D eigenvalue weighted by atomic mass is 9.81. The molecule has 0 bridgehead atoms. The zero-order chi connectivity index (χ0) is 16.7. The summed E-state index contributed by atoms with van der Waals surface area (Å²) >= 11 is 12.2. The largest absolute Gasteiger partial charge is 0.324 e. The van der Waals surface area contributed by atoms with Gasteiger partial charge in [-0.3, -0.25) is 10.1 Å². The van der Waals surface area contributed by atoms with Gasteiger partial charge in [-0.2, -0.15) is 0 Å². The lowest BCUT2D eigenvalue weighted by molar-refractivity contribution is -0.122. The molecule has 3 nitrogen and oxygen atoms in total. The second-order valence-electron chi connectivity index (χ2n) is 6.63. The van der Waals surface area contributed by atoms with E-state index in [0.29, 0.717) is 22.5 Å². The monoisotopic (exact) mass is 360 g/mol. The van der Waals surface area contributed by atoms with E-state index < -0.39 is 5.54 Å². The minimum absolute atomic E-state index is 0.0216. The van der Waals surface area contributed by atoms with E-state index in [1.165, 1.54) is 6.42 Å². The first kappa shape index (κ1) is 15.9. The molecule has 1 fully saturated rings. The molecule has 0 aromatic heterocycles.